The molecule has 7 heteroatoms. The van der Waals surface area contributed by atoms with Crippen LogP contribution >= 0.6 is 11.3 Å². The fourth-order valence-corrected chi connectivity index (χ4v) is 5.81. The third-order valence-electron chi connectivity index (χ3n) is 6.58. The first-order valence-corrected chi connectivity index (χ1v) is 12.3. The topological polar surface area (TPSA) is 48.5 Å². The van der Waals surface area contributed by atoms with Crippen LogP contribution in [0.3, 0.4) is 0 Å². The molecule has 0 radical (unpaired) electrons. The molecule has 168 valence electrons. The quantitative estimate of drug-likeness (QED) is 0.622. The maximum absolute atomic E-state index is 13.5. The summed E-state index contributed by atoms with van der Waals surface area (Å²) in [7, 11) is 0. The Bertz CT molecular complexity index is 1060. The van der Waals surface area contributed by atoms with Gasteiger partial charge in [0, 0.05) is 38.8 Å². The van der Waals surface area contributed by atoms with Gasteiger partial charge in [0.15, 0.2) is 5.13 Å². The van der Waals surface area contributed by atoms with E-state index in [0.29, 0.717) is 6.54 Å². The number of carbonyl (C=O) groups is 1. The predicted molar refractivity (Wildman–Crippen MR) is 127 cm³/mol. The van der Waals surface area contributed by atoms with Gasteiger partial charge in [0.25, 0.3) is 0 Å². The predicted octanol–water partition coefficient (Wildman–Crippen LogP) is 4.43. The van der Waals surface area contributed by atoms with E-state index in [2.05, 4.69) is 44.4 Å². The van der Waals surface area contributed by atoms with Gasteiger partial charge in [0.1, 0.15) is 5.82 Å². The number of likely N-dealkylation sites (tertiary alicyclic amines) is 1. The Hall–Kier alpha value is -2.51. The summed E-state index contributed by atoms with van der Waals surface area (Å²) in [6, 6.07) is 15.5. The van der Waals surface area contributed by atoms with Crippen molar-refractivity contribution in [3.63, 3.8) is 0 Å². The Morgan fingerprint density at radius 1 is 1.09 bits per heavy atom. The van der Waals surface area contributed by atoms with Crippen molar-refractivity contribution in [3.8, 4) is 0 Å². The van der Waals surface area contributed by atoms with Crippen LogP contribution < -0.4 is 10.2 Å². The largest absolute Gasteiger partial charge is 0.353 e. The molecule has 2 aliphatic heterocycles. The summed E-state index contributed by atoms with van der Waals surface area (Å²) in [5.74, 6) is -0.0865. The number of nitrogens with zero attached hydrogens (tertiary/aromatic N) is 3. The van der Waals surface area contributed by atoms with Crippen molar-refractivity contribution in [1.29, 1.82) is 0 Å². The summed E-state index contributed by atoms with van der Waals surface area (Å²) in [6.45, 7) is 4.58. The van der Waals surface area contributed by atoms with Crippen molar-refractivity contribution in [1.82, 2.24) is 15.2 Å². The van der Waals surface area contributed by atoms with Gasteiger partial charge in [-0.3, -0.25) is 9.69 Å². The average molecular weight is 453 g/mol. The number of benzene rings is 2. The molecule has 0 spiro atoms. The molecule has 1 aromatic heterocycles. The maximum Gasteiger partial charge on any atom is 0.225 e. The summed E-state index contributed by atoms with van der Waals surface area (Å²) < 4.78 is 14.4. The minimum Gasteiger partial charge on any atom is -0.353 e. The number of aromatic nitrogens is 1. The number of halogens is 1. The number of hydrogen-bond acceptors (Lipinski definition) is 5. The molecule has 2 aliphatic rings. The highest BCUT2D eigenvalue weighted by Gasteiger charge is 2.29. The second kappa shape index (κ2) is 9.55. The number of rotatable bonds is 5. The molecular weight excluding hydrogens is 423 g/mol. The number of nitrogens with one attached hydrogen (secondary N) is 1. The van der Waals surface area contributed by atoms with E-state index in [-0.39, 0.29) is 23.7 Å². The van der Waals surface area contributed by atoms with Crippen molar-refractivity contribution >= 4 is 32.6 Å². The van der Waals surface area contributed by atoms with Crippen LogP contribution in [-0.4, -0.2) is 48.0 Å². The lowest BCUT2D eigenvalue weighted by atomic mass is 9.96. The molecule has 2 saturated heterocycles. The SMILES string of the molecule is O=C(NC1CCN(Cc2ccccc2)CC1)C1CCCN(c2nc3ccc(F)cc3s2)C1. The Morgan fingerprint density at radius 2 is 1.91 bits per heavy atom. The molecule has 0 saturated carbocycles. The van der Waals surface area contributed by atoms with E-state index in [1.807, 2.05) is 6.07 Å². The molecule has 1 atom stereocenters. The molecule has 1 N–H and O–H groups in total. The smallest absolute Gasteiger partial charge is 0.225 e. The number of fused-ring (bicyclic) bond motifs is 1. The van der Waals surface area contributed by atoms with Crippen molar-refractivity contribution in [3.05, 3.63) is 59.9 Å². The first kappa shape index (κ1) is 21.3. The molecule has 3 heterocycles. The van der Waals surface area contributed by atoms with Gasteiger partial charge < -0.3 is 10.2 Å². The fraction of sp³-hybridized carbons (Fsp3) is 0.440. The third kappa shape index (κ3) is 4.94. The van der Waals surface area contributed by atoms with E-state index in [9.17, 15) is 9.18 Å². The summed E-state index contributed by atoms with van der Waals surface area (Å²) in [5, 5.41) is 4.21. The van der Waals surface area contributed by atoms with E-state index in [4.69, 9.17) is 0 Å². The number of piperidine rings is 2. The van der Waals surface area contributed by atoms with Gasteiger partial charge in [0.2, 0.25) is 5.91 Å². The first-order valence-electron chi connectivity index (χ1n) is 11.5. The van der Waals surface area contributed by atoms with Crippen LogP contribution in [0.15, 0.2) is 48.5 Å². The average Bonchev–Trinajstić information content (AvgIpc) is 3.24. The molecule has 0 bridgehead atoms. The van der Waals surface area contributed by atoms with Crippen molar-refractivity contribution in [2.24, 2.45) is 5.92 Å². The van der Waals surface area contributed by atoms with Gasteiger partial charge in [-0.1, -0.05) is 41.7 Å². The monoisotopic (exact) mass is 452 g/mol. The van der Waals surface area contributed by atoms with Crippen LogP contribution in [0.2, 0.25) is 0 Å². The number of amides is 1. The van der Waals surface area contributed by atoms with Crippen LogP contribution in [0.25, 0.3) is 10.2 Å². The maximum atomic E-state index is 13.5. The normalized spacial score (nSPS) is 20.5. The Labute approximate surface area is 192 Å². The molecule has 2 fully saturated rings. The van der Waals surface area contributed by atoms with Gasteiger partial charge in [-0.2, -0.15) is 0 Å². The second-order valence-electron chi connectivity index (χ2n) is 8.94. The summed E-state index contributed by atoms with van der Waals surface area (Å²) >= 11 is 1.51. The molecule has 0 aliphatic carbocycles. The van der Waals surface area contributed by atoms with Crippen LogP contribution in [0, 0.1) is 11.7 Å². The highest BCUT2D eigenvalue weighted by atomic mass is 32.1. The molecule has 3 aromatic rings. The Morgan fingerprint density at radius 3 is 2.72 bits per heavy atom. The third-order valence-corrected chi connectivity index (χ3v) is 7.66. The zero-order valence-electron chi connectivity index (χ0n) is 18.2. The van der Waals surface area contributed by atoms with E-state index >= 15 is 0 Å². The standard InChI is InChI=1S/C25H29FN4OS/c26-20-8-9-22-23(15-20)32-25(28-22)30-12-4-7-19(17-30)24(31)27-21-10-13-29(14-11-21)16-18-5-2-1-3-6-18/h1-3,5-6,8-9,15,19,21H,4,7,10-14,16-17H2,(H,27,31). The minimum absolute atomic E-state index is 0.0187. The van der Waals surface area contributed by atoms with Gasteiger partial charge in [-0.15, -0.1) is 0 Å². The van der Waals surface area contributed by atoms with Crippen LogP contribution in [-0.2, 0) is 11.3 Å². The van der Waals surface area contributed by atoms with Crippen LogP contribution in [0.1, 0.15) is 31.2 Å². The molecule has 5 nitrogen and oxygen atoms in total. The molecule has 2 aromatic carbocycles. The molecule has 32 heavy (non-hydrogen) atoms. The van der Waals surface area contributed by atoms with Gasteiger partial charge >= 0.3 is 0 Å². The van der Waals surface area contributed by atoms with Gasteiger partial charge in [-0.05, 0) is 49.4 Å². The van der Waals surface area contributed by atoms with E-state index < -0.39 is 0 Å². The lowest BCUT2D eigenvalue weighted by Gasteiger charge is -2.35. The summed E-state index contributed by atoms with van der Waals surface area (Å²) in [5.41, 5.74) is 2.16. The number of hydrogen-bond donors (Lipinski definition) is 1. The van der Waals surface area contributed by atoms with E-state index in [0.717, 1.165) is 67.2 Å². The van der Waals surface area contributed by atoms with E-state index in [1.165, 1.54) is 29.0 Å². The van der Waals surface area contributed by atoms with Crippen molar-refractivity contribution in [2.45, 2.75) is 38.3 Å². The minimum atomic E-state index is -0.238. The molecule has 1 amide bonds. The highest BCUT2D eigenvalue weighted by molar-refractivity contribution is 7.22. The number of thiazole rings is 1. The van der Waals surface area contributed by atoms with Crippen LogP contribution in [0.4, 0.5) is 9.52 Å². The summed E-state index contributed by atoms with van der Waals surface area (Å²) in [4.78, 5) is 22.3. The highest BCUT2D eigenvalue weighted by Crippen LogP contribution is 2.32. The van der Waals surface area contributed by atoms with Gasteiger partial charge in [-0.25, -0.2) is 9.37 Å². The molecule has 5 rings (SSSR count). The van der Waals surface area contributed by atoms with Crippen LogP contribution in [0.5, 0.6) is 0 Å². The fourth-order valence-electron chi connectivity index (χ4n) is 4.78. The zero-order valence-corrected chi connectivity index (χ0v) is 19.0. The van der Waals surface area contributed by atoms with Crippen molar-refractivity contribution < 1.29 is 9.18 Å². The Balaban J connectivity index is 1.13. The second-order valence-corrected chi connectivity index (χ2v) is 9.95. The first-order chi connectivity index (χ1) is 15.6. The zero-order chi connectivity index (χ0) is 21.9. The van der Waals surface area contributed by atoms with Gasteiger partial charge in [0.05, 0.1) is 16.1 Å². The lowest BCUT2D eigenvalue weighted by Crippen LogP contribution is -2.49. The lowest BCUT2D eigenvalue weighted by molar-refractivity contribution is -0.126. The van der Waals surface area contributed by atoms with Crippen molar-refractivity contribution in [2.75, 3.05) is 31.1 Å². The molecule has 1 unspecified atom stereocenters. The Kier molecular flexibility index (Phi) is 6.37. The molecular formula is C25H29FN4OS. The number of anilines is 1. The number of carbonyl (C=O) groups excluding carboxylic acids is 1. The van der Waals surface area contributed by atoms with E-state index in [1.54, 1.807) is 6.07 Å². The summed E-state index contributed by atoms with van der Waals surface area (Å²) in [6.07, 6.45) is 3.88.